The Balaban J connectivity index is 1.66. The molecule has 20 heavy (non-hydrogen) atoms. The Morgan fingerprint density at radius 1 is 1.00 bits per heavy atom. The maximum absolute atomic E-state index is 10.4. The Morgan fingerprint density at radius 2 is 1.65 bits per heavy atom. The standard InChI is InChI=1S/C18H21NO/c19-17(12-13-4-2-1-3-5-13)18(20)16-10-8-15(9-11-16)14-6-7-14/h1-5,8-11,14,17-18,20H,6-7,12,19H2. The summed E-state index contributed by atoms with van der Waals surface area (Å²) >= 11 is 0. The number of nitrogens with two attached hydrogens (primary N) is 1. The molecule has 1 saturated carbocycles. The molecule has 2 aromatic rings. The van der Waals surface area contributed by atoms with Gasteiger partial charge in [-0.3, -0.25) is 0 Å². The molecule has 3 N–H and O–H groups in total. The van der Waals surface area contributed by atoms with Gasteiger partial charge < -0.3 is 10.8 Å². The molecule has 1 fully saturated rings. The van der Waals surface area contributed by atoms with E-state index in [9.17, 15) is 5.11 Å². The van der Waals surface area contributed by atoms with E-state index in [-0.39, 0.29) is 6.04 Å². The van der Waals surface area contributed by atoms with Crippen molar-refractivity contribution in [1.29, 1.82) is 0 Å². The summed E-state index contributed by atoms with van der Waals surface area (Å²) in [5, 5.41) is 10.4. The van der Waals surface area contributed by atoms with Crippen molar-refractivity contribution in [2.45, 2.75) is 37.3 Å². The minimum Gasteiger partial charge on any atom is -0.387 e. The predicted molar refractivity (Wildman–Crippen MR) is 81.5 cm³/mol. The largest absolute Gasteiger partial charge is 0.387 e. The molecule has 0 radical (unpaired) electrons. The molecule has 0 spiro atoms. The number of aliphatic hydroxyl groups excluding tert-OH is 1. The van der Waals surface area contributed by atoms with Crippen molar-refractivity contribution in [1.82, 2.24) is 0 Å². The summed E-state index contributed by atoms with van der Waals surface area (Å²) in [6.07, 6.45) is 2.68. The second kappa shape index (κ2) is 5.78. The number of benzene rings is 2. The topological polar surface area (TPSA) is 46.2 Å². The van der Waals surface area contributed by atoms with E-state index in [2.05, 4.69) is 12.1 Å². The molecule has 0 bridgehead atoms. The van der Waals surface area contributed by atoms with E-state index in [1.807, 2.05) is 42.5 Å². The normalized spacial score (nSPS) is 17.7. The highest BCUT2D eigenvalue weighted by molar-refractivity contribution is 5.30. The number of hydrogen-bond donors (Lipinski definition) is 2. The van der Waals surface area contributed by atoms with E-state index < -0.39 is 6.10 Å². The fourth-order valence-corrected chi connectivity index (χ4v) is 2.63. The minimum atomic E-state index is -0.608. The second-order valence-electron chi connectivity index (χ2n) is 5.74. The number of rotatable bonds is 5. The van der Waals surface area contributed by atoms with Gasteiger partial charge in [0.2, 0.25) is 0 Å². The number of aliphatic hydroxyl groups is 1. The van der Waals surface area contributed by atoms with Crippen LogP contribution in [0.5, 0.6) is 0 Å². The van der Waals surface area contributed by atoms with Gasteiger partial charge in [0.25, 0.3) is 0 Å². The van der Waals surface area contributed by atoms with Crippen LogP contribution in [0.1, 0.15) is 41.6 Å². The van der Waals surface area contributed by atoms with E-state index in [4.69, 9.17) is 5.73 Å². The molecule has 3 rings (SSSR count). The van der Waals surface area contributed by atoms with E-state index in [1.165, 1.54) is 18.4 Å². The average molecular weight is 267 g/mol. The third-order valence-corrected chi connectivity index (χ3v) is 4.05. The molecule has 0 saturated heterocycles. The molecule has 1 aliphatic carbocycles. The first-order valence-corrected chi connectivity index (χ1v) is 7.31. The molecule has 0 heterocycles. The van der Waals surface area contributed by atoms with Crippen LogP contribution >= 0.6 is 0 Å². The van der Waals surface area contributed by atoms with E-state index in [0.717, 1.165) is 17.0 Å². The van der Waals surface area contributed by atoms with Crippen LogP contribution in [-0.2, 0) is 6.42 Å². The van der Waals surface area contributed by atoms with Gasteiger partial charge in [0.05, 0.1) is 6.10 Å². The first-order chi connectivity index (χ1) is 9.74. The first-order valence-electron chi connectivity index (χ1n) is 7.31. The minimum absolute atomic E-state index is 0.274. The van der Waals surface area contributed by atoms with E-state index in [0.29, 0.717) is 6.42 Å². The van der Waals surface area contributed by atoms with Gasteiger partial charge in [0, 0.05) is 6.04 Å². The summed E-state index contributed by atoms with van der Waals surface area (Å²) in [7, 11) is 0. The Kier molecular flexibility index (Phi) is 3.86. The highest BCUT2D eigenvalue weighted by Gasteiger charge is 2.24. The van der Waals surface area contributed by atoms with Crippen molar-refractivity contribution >= 4 is 0 Å². The van der Waals surface area contributed by atoms with Crippen molar-refractivity contribution in [3.63, 3.8) is 0 Å². The molecule has 2 atom stereocenters. The Hall–Kier alpha value is -1.64. The smallest absolute Gasteiger partial charge is 0.0944 e. The van der Waals surface area contributed by atoms with Crippen LogP contribution < -0.4 is 5.73 Å². The molecule has 2 unspecified atom stereocenters. The maximum Gasteiger partial charge on any atom is 0.0944 e. The molecule has 2 nitrogen and oxygen atoms in total. The summed E-state index contributed by atoms with van der Waals surface area (Å²) in [6, 6.07) is 18.1. The Morgan fingerprint density at radius 3 is 2.25 bits per heavy atom. The zero-order chi connectivity index (χ0) is 13.9. The third kappa shape index (κ3) is 3.09. The van der Waals surface area contributed by atoms with Crippen LogP contribution in [0.15, 0.2) is 54.6 Å². The van der Waals surface area contributed by atoms with Gasteiger partial charge in [0.1, 0.15) is 0 Å². The van der Waals surface area contributed by atoms with Crippen molar-refractivity contribution < 1.29 is 5.11 Å². The van der Waals surface area contributed by atoms with Gasteiger partial charge in [-0.1, -0.05) is 54.6 Å². The summed E-state index contributed by atoms with van der Waals surface area (Å²) < 4.78 is 0. The highest BCUT2D eigenvalue weighted by Crippen LogP contribution is 2.40. The van der Waals surface area contributed by atoms with E-state index >= 15 is 0 Å². The highest BCUT2D eigenvalue weighted by atomic mass is 16.3. The third-order valence-electron chi connectivity index (χ3n) is 4.05. The van der Waals surface area contributed by atoms with Gasteiger partial charge in [0.15, 0.2) is 0 Å². The first kappa shape index (κ1) is 13.3. The molecule has 1 aliphatic rings. The van der Waals surface area contributed by atoms with Crippen LogP contribution in [0.2, 0.25) is 0 Å². The molecule has 0 amide bonds. The van der Waals surface area contributed by atoms with Crippen molar-refractivity contribution in [2.24, 2.45) is 5.73 Å². The molecular weight excluding hydrogens is 246 g/mol. The summed E-state index contributed by atoms with van der Waals surface area (Å²) in [5.41, 5.74) is 9.60. The molecule has 2 heteroatoms. The monoisotopic (exact) mass is 267 g/mol. The lowest BCUT2D eigenvalue weighted by Gasteiger charge is -2.19. The lowest BCUT2D eigenvalue weighted by molar-refractivity contribution is 0.146. The van der Waals surface area contributed by atoms with Crippen molar-refractivity contribution in [3.05, 3.63) is 71.3 Å². The second-order valence-corrected chi connectivity index (χ2v) is 5.74. The molecular formula is C18H21NO. The van der Waals surface area contributed by atoms with Crippen LogP contribution in [-0.4, -0.2) is 11.1 Å². The van der Waals surface area contributed by atoms with Gasteiger partial charge in [-0.05, 0) is 41.9 Å². The Bertz CT molecular complexity index is 545. The van der Waals surface area contributed by atoms with Gasteiger partial charge >= 0.3 is 0 Å². The van der Waals surface area contributed by atoms with E-state index in [1.54, 1.807) is 0 Å². The average Bonchev–Trinajstić information content (AvgIpc) is 3.32. The predicted octanol–water partition coefficient (Wildman–Crippen LogP) is 3.17. The number of hydrogen-bond acceptors (Lipinski definition) is 2. The molecule has 2 aromatic carbocycles. The summed E-state index contributed by atoms with van der Waals surface area (Å²) in [4.78, 5) is 0. The van der Waals surface area contributed by atoms with Crippen molar-refractivity contribution in [2.75, 3.05) is 0 Å². The fourth-order valence-electron chi connectivity index (χ4n) is 2.63. The quantitative estimate of drug-likeness (QED) is 0.874. The SMILES string of the molecule is NC(Cc1ccccc1)C(O)c1ccc(C2CC2)cc1. The Labute approximate surface area is 120 Å². The zero-order valence-corrected chi connectivity index (χ0v) is 11.6. The lowest BCUT2D eigenvalue weighted by Crippen LogP contribution is -2.30. The van der Waals surface area contributed by atoms with Gasteiger partial charge in [-0.15, -0.1) is 0 Å². The van der Waals surface area contributed by atoms with Crippen LogP contribution in [0.3, 0.4) is 0 Å². The lowest BCUT2D eigenvalue weighted by atomic mass is 9.96. The van der Waals surface area contributed by atoms with Crippen molar-refractivity contribution in [3.8, 4) is 0 Å². The van der Waals surface area contributed by atoms with Crippen LogP contribution in [0.4, 0.5) is 0 Å². The van der Waals surface area contributed by atoms with Crippen LogP contribution in [0.25, 0.3) is 0 Å². The summed E-state index contributed by atoms with van der Waals surface area (Å²) in [5.74, 6) is 0.749. The molecule has 0 aliphatic heterocycles. The fraction of sp³-hybridized carbons (Fsp3) is 0.333. The summed E-state index contributed by atoms with van der Waals surface area (Å²) in [6.45, 7) is 0. The van der Waals surface area contributed by atoms with Crippen LogP contribution in [0, 0.1) is 0 Å². The van der Waals surface area contributed by atoms with Gasteiger partial charge in [-0.25, -0.2) is 0 Å². The molecule has 0 aromatic heterocycles. The molecule has 104 valence electrons. The zero-order valence-electron chi connectivity index (χ0n) is 11.6. The van der Waals surface area contributed by atoms with Gasteiger partial charge in [-0.2, -0.15) is 0 Å². The maximum atomic E-state index is 10.4.